The van der Waals surface area contributed by atoms with Crippen molar-refractivity contribution in [1.82, 2.24) is 0 Å². The normalized spacial score (nSPS) is 13.2. The van der Waals surface area contributed by atoms with E-state index in [1.807, 2.05) is 139 Å². The second-order valence-electron chi connectivity index (χ2n) is 26.7. The third-order valence-corrected chi connectivity index (χ3v) is 18.0. The van der Waals surface area contributed by atoms with Gasteiger partial charge in [-0.3, -0.25) is 0 Å². The van der Waals surface area contributed by atoms with Crippen LogP contribution in [-0.4, -0.2) is 57.1 Å². The molecule has 105 heavy (non-hydrogen) atoms. The fraction of sp³-hybridized carbons (Fsp3) is 0.178. The molecule has 0 saturated carbocycles. The summed E-state index contributed by atoms with van der Waals surface area (Å²) in [7, 11) is 0. The van der Waals surface area contributed by atoms with Crippen molar-refractivity contribution in [2.45, 2.75) is 75.7 Å². The summed E-state index contributed by atoms with van der Waals surface area (Å²) in [4.78, 5) is 0. The van der Waals surface area contributed by atoms with Crippen LogP contribution in [0.4, 0.5) is 56.9 Å². The van der Waals surface area contributed by atoms with Crippen LogP contribution in [0.15, 0.2) is 293 Å². The van der Waals surface area contributed by atoms with Gasteiger partial charge in [-0.05, 0) is 197 Å². The molecule has 17 rings (SSSR count). The Kier molecular flexibility index (Phi) is 22.0. The quantitative estimate of drug-likeness (QED) is 0.105. The maximum absolute atomic E-state index is 6.20. The van der Waals surface area contributed by atoms with E-state index in [9.17, 15) is 0 Å². The van der Waals surface area contributed by atoms with Crippen molar-refractivity contribution in [3.8, 4) is 51.0 Å². The van der Waals surface area contributed by atoms with Crippen molar-refractivity contribution in [2.75, 3.05) is 33.7 Å². The van der Waals surface area contributed by atoms with Gasteiger partial charge in [0.25, 0.3) is 0 Å². The van der Waals surface area contributed by atoms with Crippen LogP contribution in [0.25, 0.3) is 22.3 Å². The van der Waals surface area contributed by atoms with E-state index in [0.29, 0.717) is 33.7 Å². The molecule has 0 saturated heterocycles. The Balaban J connectivity index is 0.000000118. The molecule has 5 heterocycles. The van der Waals surface area contributed by atoms with Crippen molar-refractivity contribution >= 4 is 56.9 Å². The second-order valence-corrected chi connectivity index (χ2v) is 26.7. The lowest BCUT2D eigenvalue weighted by Gasteiger charge is -2.17. The zero-order chi connectivity index (χ0) is 72.9. The molecule has 0 N–H and O–H groups in total. The molecule has 0 fully saturated rings. The lowest BCUT2D eigenvalue weighted by molar-refractivity contribution is -0.545. The van der Waals surface area contributed by atoms with Gasteiger partial charge in [-0.25, -0.2) is 0 Å². The minimum atomic E-state index is 0.390. The summed E-state index contributed by atoms with van der Waals surface area (Å²) in [6.07, 6.45) is 2.69. The number of aryl methyl sites for hydroxylation is 10. The van der Waals surface area contributed by atoms with Gasteiger partial charge in [0.15, 0.2) is 57.2 Å². The van der Waals surface area contributed by atoms with Gasteiger partial charge in [-0.15, -0.1) is 6.58 Å². The number of rotatable bonds is 9. The fourth-order valence-corrected chi connectivity index (χ4v) is 13.1. The molecule has 0 aromatic heterocycles. The molecule has 0 radical (unpaired) electrons. The van der Waals surface area contributed by atoms with Crippen molar-refractivity contribution in [3.63, 3.8) is 0 Å². The average molecular weight is 1390 g/mol. The molecule has 5 aliphatic rings. The molecule has 12 aromatic carbocycles. The van der Waals surface area contributed by atoms with E-state index in [4.69, 9.17) is 39.0 Å². The van der Waals surface area contributed by atoms with E-state index in [1.54, 1.807) is 0 Å². The summed E-state index contributed by atoms with van der Waals surface area (Å²) in [6.45, 7) is 26.7. The monoisotopic (exact) mass is 1390 g/mol. The largest absolute Gasteiger partial charge is 0.431 e. The van der Waals surface area contributed by atoms with E-state index < -0.39 is 0 Å². The van der Waals surface area contributed by atoms with Gasteiger partial charge in [0, 0.05) is 96.9 Å². The first-order valence-corrected chi connectivity index (χ1v) is 35.3. The van der Waals surface area contributed by atoms with Crippen LogP contribution in [-0.2, 0) is 6.42 Å². The number of ether oxygens (including phenoxy) is 5. The van der Waals surface area contributed by atoms with Crippen molar-refractivity contribution in [1.29, 1.82) is 0 Å². The molecule has 15 heteroatoms. The van der Waals surface area contributed by atoms with E-state index in [-0.39, 0.29) is 0 Å². The Morgan fingerprint density at radius 3 is 1.15 bits per heavy atom. The highest BCUT2D eigenvalue weighted by molar-refractivity contribution is 5.84. The molecule has 0 amide bonds. The molecule has 0 atom stereocenters. The third kappa shape index (κ3) is 17.1. The van der Waals surface area contributed by atoms with Crippen molar-refractivity contribution in [2.24, 2.45) is 25.6 Å². The standard InChI is InChI=1S/C25H19N2O.C17H17N2O.3C16H17N2O/c1-4-10-19(11-5-1)21-16-23(20-12-6-2-7-13-20)25-24(17-21)26-27(18-28-25)22-14-8-3-9-15-22;1-3-7-14-10-13(2)11-16-17(14)20-12-19(18-16)15-8-5-4-6-9-15;1-11-4-6-14(7-5-11)18-10-19-16-13(3)8-12(2)9-15(16)17-18;1-11-5-4-6-14(8-11)18-10-19-16-13(3)7-12(2)9-15(16)17-18;1-11-8-13(3)16-14(9-11)17-18(10-19-16)15-7-5-4-6-12(15)2/h1-17H,18H2;3-6,8-11H,1,7,12H2,2H3;3*4-9H,10H2,1-3H3/q5*+1. The van der Waals surface area contributed by atoms with Gasteiger partial charge >= 0.3 is 33.7 Å². The maximum Gasteiger partial charge on any atom is 0.317 e. The summed E-state index contributed by atoms with van der Waals surface area (Å²) >= 11 is 0. The van der Waals surface area contributed by atoms with Gasteiger partial charge in [-0.2, -0.15) is 0 Å². The Bertz CT molecular complexity index is 5350. The number of azo groups is 10. The van der Waals surface area contributed by atoms with E-state index in [0.717, 1.165) is 137 Å². The minimum absolute atomic E-state index is 0.390. The average Bonchev–Trinajstić information content (AvgIpc) is 0.780. The zero-order valence-corrected chi connectivity index (χ0v) is 61.3. The van der Waals surface area contributed by atoms with E-state index in [1.165, 1.54) is 38.9 Å². The molecule has 0 bridgehead atoms. The molecule has 0 spiro atoms. The third-order valence-electron chi connectivity index (χ3n) is 18.0. The number of nitrogens with zero attached hydrogens (tertiary/aromatic N) is 10. The Morgan fingerprint density at radius 2 is 0.667 bits per heavy atom. The number of hydrogen-bond acceptors (Lipinski definition) is 10. The minimum Gasteiger partial charge on any atom is -0.431 e. The smallest absolute Gasteiger partial charge is 0.317 e. The summed E-state index contributed by atoms with van der Waals surface area (Å²) in [5.41, 5.74) is 27.2. The number of para-hydroxylation sites is 3. The highest BCUT2D eigenvalue weighted by Gasteiger charge is 2.30. The molecule has 0 unspecified atom stereocenters. The Morgan fingerprint density at radius 1 is 0.286 bits per heavy atom. The summed E-state index contributed by atoms with van der Waals surface area (Å²) < 4.78 is 39.1. The van der Waals surface area contributed by atoms with Crippen molar-refractivity contribution < 1.29 is 47.2 Å². The molecule has 522 valence electrons. The van der Waals surface area contributed by atoms with Crippen molar-refractivity contribution in [3.05, 3.63) is 329 Å². The molecule has 5 aliphatic heterocycles. The number of fused-ring (bicyclic) bond motifs is 5. The first-order chi connectivity index (χ1) is 51.1. The van der Waals surface area contributed by atoms with Gasteiger partial charge in [0.2, 0.25) is 28.4 Å². The van der Waals surface area contributed by atoms with Crippen LogP contribution in [0.2, 0.25) is 0 Å². The molecular formula is C90H87N10O5+5. The van der Waals surface area contributed by atoms with E-state index >= 15 is 0 Å². The molecule has 0 aliphatic carbocycles. The lowest BCUT2D eigenvalue weighted by Crippen LogP contribution is -2.16. The van der Waals surface area contributed by atoms with Crippen LogP contribution in [0, 0.1) is 69.2 Å². The van der Waals surface area contributed by atoms with Crippen LogP contribution in [0.1, 0.15) is 61.2 Å². The molecular weight excluding hydrogens is 1300 g/mol. The van der Waals surface area contributed by atoms with Gasteiger partial charge in [0.1, 0.15) is 0 Å². The van der Waals surface area contributed by atoms with Crippen LogP contribution in [0.5, 0.6) is 28.7 Å². The second kappa shape index (κ2) is 32.6. The Labute approximate surface area is 615 Å². The first-order valence-electron chi connectivity index (χ1n) is 35.3. The van der Waals surface area contributed by atoms with Crippen LogP contribution >= 0.6 is 0 Å². The Hall–Kier alpha value is -12.6. The number of hydrogen-bond donors (Lipinski definition) is 0. The van der Waals surface area contributed by atoms with Crippen LogP contribution < -0.4 is 23.7 Å². The van der Waals surface area contributed by atoms with Gasteiger partial charge < -0.3 is 23.7 Å². The molecule has 12 aromatic rings. The maximum atomic E-state index is 6.20. The topological polar surface area (TPSA) is 123 Å². The lowest BCUT2D eigenvalue weighted by atomic mass is 9.97. The number of allylic oxidation sites excluding steroid dienone is 1. The number of benzene rings is 12. The summed E-state index contributed by atoms with van der Waals surface area (Å²) in [5, 5.41) is 23.7. The highest BCUT2D eigenvalue weighted by atomic mass is 16.5. The zero-order valence-electron chi connectivity index (χ0n) is 61.3. The van der Waals surface area contributed by atoms with Gasteiger partial charge in [0.05, 0.1) is 0 Å². The van der Waals surface area contributed by atoms with Crippen LogP contribution in [0.3, 0.4) is 0 Å². The predicted molar refractivity (Wildman–Crippen MR) is 414 cm³/mol. The first kappa shape index (κ1) is 70.8. The van der Waals surface area contributed by atoms with E-state index in [2.05, 4.69) is 232 Å². The SMILES string of the molecule is C=CCc1cc(C)cc2c1OC[N+](c1ccccc1)=N2.Cc1cc(C)c2c(c1)N=[N+](c1ccccc1C)CO2.Cc1ccc([N+]2=Nc3cc(C)cc(C)c3OC2)cc1.Cc1cccc([N+]2=Nc3cc(C)cc(C)c3OC2)c1.c1ccc(-c2cc3c(c(-c4ccccc4)c2)OC[N+](c2ccccc2)=N3)cc1. The molecule has 15 nitrogen and oxygen atoms in total. The summed E-state index contributed by atoms with van der Waals surface area (Å²) in [6, 6.07) is 86.7. The summed E-state index contributed by atoms with van der Waals surface area (Å²) in [5.74, 6) is 4.40. The predicted octanol–water partition coefficient (Wildman–Crippen LogP) is 24.5. The van der Waals surface area contributed by atoms with Gasteiger partial charge in [-0.1, -0.05) is 175 Å². The highest BCUT2D eigenvalue weighted by Crippen LogP contribution is 2.46. The fourth-order valence-electron chi connectivity index (χ4n) is 13.1.